The van der Waals surface area contributed by atoms with Crippen molar-refractivity contribution < 1.29 is 24.0 Å². The van der Waals surface area contributed by atoms with Gasteiger partial charge in [-0.3, -0.25) is 14.4 Å². The van der Waals surface area contributed by atoms with Crippen molar-refractivity contribution in [3.63, 3.8) is 0 Å². The van der Waals surface area contributed by atoms with Crippen molar-refractivity contribution in [3.8, 4) is 0 Å². The highest BCUT2D eigenvalue weighted by Gasteiger charge is 2.40. The fraction of sp³-hybridized carbons (Fsp3) is 0.190. The van der Waals surface area contributed by atoms with E-state index < -0.39 is 17.8 Å². The second-order valence-electron chi connectivity index (χ2n) is 6.87. The number of hydrogen-bond acceptors (Lipinski definition) is 6. The van der Waals surface area contributed by atoms with Gasteiger partial charge >= 0.3 is 5.97 Å². The van der Waals surface area contributed by atoms with Crippen molar-refractivity contribution in [2.24, 2.45) is 5.10 Å². The third-order valence-electron chi connectivity index (χ3n) is 4.79. The summed E-state index contributed by atoms with van der Waals surface area (Å²) in [6.07, 6.45) is 0.117. The standard InChI is InChI=1S/C21H17N3O5/c1-12-7-8-13(2)17(11-12)23-18(25)10-9-16(22-23)21(28)29-24-19(26)14-5-3-4-6-15(14)20(24)27/h3-8,11H,9-10H2,1-2H3. The highest BCUT2D eigenvalue weighted by molar-refractivity contribution is 6.38. The molecule has 0 fully saturated rings. The number of nitrogens with zero attached hydrogens (tertiary/aromatic N) is 3. The molecule has 0 saturated carbocycles. The molecule has 29 heavy (non-hydrogen) atoms. The lowest BCUT2D eigenvalue weighted by Gasteiger charge is -2.25. The lowest BCUT2D eigenvalue weighted by molar-refractivity contribution is -0.159. The van der Waals surface area contributed by atoms with Crippen LogP contribution in [0.5, 0.6) is 0 Å². The maximum Gasteiger partial charge on any atom is 0.379 e. The summed E-state index contributed by atoms with van der Waals surface area (Å²) in [5.74, 6) is -2.62. The number of carbonyl (C=O) groups is 4. The molecule has 0 saturated heterocycles. The molecule has 0 aliphatic carbocycles. The van der Waals surface area contributed by atoms with E-state index in [1.165, 1.54) is 17.1 Å². The molecule has 2 aliphatic heterocycles. The number of fused-ring (bicyclic) bond motifs is 1. The number of imide groups is 1. The maximum atomic E-state index is 12.6. The first-order chi connectivity index (χ1) is 13.9. The summed E-state index contributed by atoms with van der Waals surface area (Å²) in [5, 5.41) is 5.76. The smallest absolute Gasteiger partial charge is 0.323 e. The van der Waals surface area contributed by atoms with Crippen LogP contribution in [0.3, 0.4) is 0 Å². The van der Waals surface area contributed by atoms with E-state index in [9.17, 15) is 19.2 Å². The number of anilines is 1. The molecule has 0 N–H and O–H groups in total. The molecular formula is C21H17N3O5. The SMILES string of the molecule is Cc1ccc(C)c(N2N=C(C(=O)ON3C(=O)c4ccccc4C3=O)CCC2=O)c1. The van der Waals surface area contributed by atoms with Gasteiger partial charge in [-0.2, -0.15) is 10.1 Å². The summed E-state index contributed by atoms with van der Waals surface area (Å²) in [6, 6.07) is 11.8. The molecule has 0 aromatic heterocycles. The topological polar surface area (TPSA) is 96.3 Å². The van der Waals surface area contributed by atoms with Gasteiger partial charge in [0.05, 0.1) is 16.8 Å². The fourth-order valence-electron chi connectivity index (χ4n) is 3.22. The second kappa shape index (κ2) is 6.97. The van der Waals surface area contributed by atoms with Gasteiger partial charge in [0.1, 0.15) is 5.71 Å². The fourth-order valence-corrected chi connectivity index (χ4v) is 3.22. The van der Waals surface area contributed by atoms with Crippen LogP contribution < -0.4 is 5.01 Å². The summed E-state index contributed by atoms with van der Waals surface area (Å²) in [6.45, 7) is 3.72. The highest BCUT2D eigenvalue weighted by atomic mass is 16.7. The van der Waals surface area contributed by atoms with Gasteiger partial charge in [0.2, 0.25) is 5.91 Å². The van der Waals surface area contributed by atoms with E-state index in [1.807, 2.05) is 26.0 Å². The van der Waals surface area contributed by atoms with Crippen LogP contribution in [0.4, 0.5) is 5.69 Å². The van der Waals surface area contributed by atoms with E-state index >= 15 is 0 Å². The summed E-state index contributed by atoms with van der Waals surface area (Å²) in [5.41, 5.74) is 2.63. The van der Waals surface area contributed by atoms with Gasteiger partial charge in [-0.1, -0.05) is 29.3 Å². The third-order valence-corrected chi connectivity index (χ3v) is 4.79. The number of aryl methyl sites for hydroxylation is 2. The van der Waals surface area contributed by atoms with E-state index in [-0.39, 0.29) is 35.6 Å². The number of amides is 3. The molecule has 0 radical (unpaired) electrons. The minimum absolute atomic E-state index is 0.0398. The van der Waals surface area contributed by atoms with E-state index in [4.69, 9.17) is 4.84 Å². The van der Waals surface area contributed by atoms with Gasteiger partial charge in [-0.25, -0.2) is 4.79 Å². The summed E-state index contributed by atoms with van der Waals surface area (Å²) < 4.78 is 0. The number of rotatable bonds is 3. The number of hydrogen-bond donors (Lipinski definition) is 0. The van der Waals surface area contributed by atoms with Crippen LogP contribution in [0.1, 0.15) is 44.7 Å². The summed E-state index contributed by atoms with van der Waals surface area (Å²) in [4.78, 5) is 54.8. The van der Waals surface area contributed by atoms with Crippen LogP contribution in [-0.4, -0.2) is 34.5 Å². The van der Waals surface area contributed by atoms with Crippen LogP contribution in [-0.2, 0) is 14.4 Å². The number of benzene rings is 2. The molecule has 2 aliphatic rings. The number of hydrazone groups is 1. The molecule has 2 heterocycles. The van der Waals surface area contributed by atoms with E-state index in [1.54, 1.807) is 18.2 Å². The molecule has 2 aromatic carbocycles. The van der Waals surface area contributed by atoms with E-state index in [2.05, 4.69) is 5.10 Å². The molecular weight excluding hydrogens is 374 g/mol. The monoisotopic (exact) mass is 391 g/mol. The van der Waals surface area contributed by atoms with Crippen molar-refractivity contribution in [2.75, 3.05) is 5.01 Å². The van der Waals surface area contributed by atoms with Crippen molar-refractivity contribution in [2.45, 2.75) is 26.7 Å². The van der Waals surface area contributed by atoms with Crippen molar-refractivity contribution in [3.05, 3.63) is 64.7 Å². The molecule has 8 nitrogen and oxygen atoms in total. The van der Waals surface area contributed by atoms with E-state index in [0.29, 0.717) is 10.8 Å². The van der Waals surface area contributed by atoms with Gasteiger partial charge in [-0.05, 0) is 43.2 Å². The zero-order valence-electron chi connectivity index (χ0n) is 15.8. The Kier molecular flexibility index (Phi) is 4.46. The first-order valence-electron chi connectivity index (χ1n) is 9.04. The Morgan fingerprint density at radius 2 is 1.62 bits per heavy atom. The van der Waals surface area contributed by atoms with Crippen molar-refractivity contribution >= 4 is 35.1 Å². The van der Waals surface area contributed by atoms with E-state index in [0.717, 1.165) is 11.1 Å². The predicted octanol–water partition coefficient (Wildman–Crippen LogP) is 2.54. The molecule has 8 heteroatoms. The molecule has 0 spiro atoms. The lowest BCUT2D eigenvalue weighted by Crippen LogP contribution is -2.39. The minimum atomic E-state index is -0.942. The molecule has 2 aromatic rings. The van der Waals surface area contributed by atoms with Gasteiger partial charge in [0, 0.05) is 12.8 Å². The summed E-state index contributed by atoms with van der Waals surface area (Å²) in [7, 11) is 0. The normalized spacial score (nSPS) is 16.1. The highest BCUT2D eigenvalue weighted by Crippen LogP contribution is 2.27. The number of carbonyl (C=O) groups excluding carboxylic acids is 4. The largest absolute Gasteiger partial charge is 0.379 e. The maximum absolute atomic E-state index is 12.6. The van der Waals surface area contributed by atoms with Crippen LogP contribution in [0.25, 0.3) is 0 Å². The van der Waals surface area contributed by atoms with Gasteiger partial charge in [0.25, 0.3) is 11.8 Å². The molecule has 4 rings (SSSR count). The minimum Gasteiger partial charge on any atom is -0.323 e. The van der Waals surface area contributed by atoms with Gasteiger partial charge < -0.3 is 4.84 Å². The first kappa shape index (κ1) is 18.5. The van der Waals surface area contributed by atoms with Gasteiger partial charge in [-0.15, -0.1) is 0 Å². The summed E-state index contributed by atoms with van der Waals surface area (Å²) >= 11 is 0. The van der Waals surface area contributed by atoms with Crippen LogP contribution >= 0.6 is 0 Å². The van der Waals surface area contributed by atoms with Crippen molar-refractivity contribution in [1.29, 1.82) is 0 Å². The number of hydroxylamine groups is 2. The molecule has 146 valence electrons. The van der Waals surface area contributed by atoms with Crippen LogP contribution in [0.15, 0.2) is 47.6 Å². The second-order valence-corrected chi connectivity index (χ2v) is 6.87. The molecule has 3 amide bonds. The van der Waals surface area contributed by atoms with Crippen LogP contribution in [0, 0.1) is 13.8 Å². The Hall–Kier alpha value is -3.81. The van der Waals surface area contributed by atoms with Gasteiger partial charge in [0.15, 0.2) is 0 Å². The predicted molar refractivity (Wildman–Crippen MR) is 103 cm³/mol. The first-order valence-corrected chi connectivity index (χ1v) is 9.04. The Bertz CT molecular complexity index is 1070. The Labute approximate surface area is 166 Å². The zero-order valence-corrected chi connectivity index (χ0v) is 15.8. The molecule has 0 bridgehead atoms. The average Bonchev–Trinajstić information content (AvgIpc) is 2.95. The average molecular weight is 391 g/mol. The van der Waals surface area contributed by atoms with Crippen molar-refractivity contribution in [1.82, 2.24) is 5.06 Å². The molecule has 0 unspecified atom stereocenters. The van der Waals surface area contributed by atoms with Crippen LogP contribution in [0.2, 0.25) is 0 Å². The Balaban J connectivity index is 1.59. The Morgan fingerprint density at radius 3 is 2.28 bits per heavy atom. The quantitative estimate of drug-likeness (QED) is 0.749. The lowest BCUT2D eigenvalue weighted by atomic mass is 10.1. The Morgan fingerprint density at radius 1 is 0.966 bits per heavy atom. The zero-order chi connectivity index (χ0) is 20.7. The molecule has 0 atom stereocenters. The third kappa shape index (κ3) is 3.18.